The van der Waals surface area contributed by atoms with Gasteiger partial charge < -0.3 is 15.1 Å². The number of carbonyl (C=O) groups is 1. The van der Waals surface area contributed by atoms with Gasteiger partial charge in [-0.05, 0) is 89.4 Å². The third kappa shape index (κ3) is 8.04. The van der Waals surface area contributed by atoms with Crippen LogP contribution in [0.1, 0.15) is 52.7 Å². The number of aliphatic carboxylic acids is 1. The number of rotatable bonds is 5. The van der Waals surface area contributed by atoms with Crippen molar-refractivity contribution in [2.24, 2.45) is 0 Å². The monoisotopic (exact) mass is 609 g/mol. The van der Waals surface area contributed by atoms with Crippen LogP contribution in [0.3, 0.4) is 0 Å². The number of fused-ring (bicyclic) bond motifs is 1. The summed E-state index contributed by atoms with van der Waals surface area (Å²) in [6.45, 7) is 17.6. The van der Waals surface area contributed by atoms with Crippen molar-refractivity contribution >= 4 is 45.1 Å². The van der Waals surface area contributed by atoms with Crippen LogP contribution in [-0.2, 0) is 11.2 Å². The van der Waals surface area contributed by atoms with Gasteiger partial charge in [-0.1, -0.05) is 23.7 Å². The molecule has 0 amide bonds. The van der Waals surface area contributed by atoms with Crippen LogP contribution >= 0.6 is 22.9 Å². The molecule has 4 aromatic rings. The minimum absolute atomic E-state index is 0.0643. The fourth-order valence-corrected chi connectivity index (χ4v) is 6.08. The number of thiazole rings is 1. The Morgan fingerprint density at radius 1 is 1.00 bits per heavy atom. The second-order valence-corrected chi connectivity index (χ2v) is 14.0. The molecule has 1 aliphatic heterocycles. The largest absolute Gasteiger partial charge is 0.481 e. The average Bonchev–Trinajstić information content (AvgIpc) is 3.32. The van der Waals surface area contributed by atoms with E-state index in [-0.39, 0.29) is 12.0 Å². The van der Waals surface area contributed by atoms with Gasteiger partial charge in [-0.3, -0.25) is 9.69 Å². The van der Waals surface area contributed by atoms with E-state index in [1.807, 2.05) is 43.3 Å². The molecule has 0 atom stereocenters. The summed E-state index contributed by atoms with van der Waals surface area (Å²) in [6.07, 6.45) is 1.73. The molecule has 2 N–H and O–H groups in total. The number of benzene rings is 2. The number of piperazine rings is 1. The molecule has 1 fully saturated rings. The van der Waals surface area contributed by atoms with Gasteiger partial charge in [0.2, 0.25) is 5.95 Å². The minimum atomic E-state index is -0.866. The fourth-order valence-electron chi connectivity index (χ4n) is 4.84. The van der Waals surface area contributed by atoms with E-state index in [0.717, 1.165) is 69.4 Å². The maximum absolute atomic E-state index is 11.7. The standard InChI is InChI=1S/C28H30ClN5O2S.C4H10O/c1-17-15-22-25(24(20(17)16-23(35)36)18-5-7-19(29)8-6-18)37-26(31-22)21-9-10-30-27(32-21)33-11-13-34(14-12-33)28(2,3)4;1-4(2,3)5/h5-10,15H,11-14,16H2,1-4H3,(H,35,36);5H,1-3H3. The third-order valence-corrected chi connectivity index (χ3v) is 8.21. The van der Waals surface area contributed by atoms with Gasteiger partial charge in [0.15, 0.2) is 0 Å². The maximum Gasteiger partial charge on any atom is 0.307 e. The Kier molecular flexibility index (Phi) is 9.57. The first-order valence-electron chi connectivity index (χ1n) is 14.1. The van der Waals surface area contributed by atoms with Crippen LogP contribution in [-0.4, -0.2) is 73.4 Å². The first-order chi connectivity index (χ1) is 19.6. The van der Waals surface area contributed by atoms with Crippen molar-refractivity contribution < 1.29 is 15.0 Å². The number of carboxylic acids is 1. The molecule has 1 aliphatic rings. The molecular formula is C32H40ClN5O3S. The lowest BCUT2D eigenvalue weighted by atomic mass is 9.93. The smallest absolute Gasteiger partial charge is 0.307 e. The molecule has 10 heteroatoms. The SMILES string of the molecule is CC(C)(C)O.Cc1cc2nc(-c3ccnc(N4CCN(C(C)(C)C)CC4)n3)sc2c(-c2ccc(Cl)cc2)c1CC(=O)O. The first kappa shape index (κ1) is 31.8. The summed E-state index contributed by atoms with van der Waals surface area (Å²) in [5.74, 6) is -0.152. The quantitative estimate of drug-likeness (QED) is 0.257. The molecule has 0 aliphatic carbocycles. The number of halogens is 1. The first-order valence-corrected chi connectivity index (χ1v) is 15.3. The lowest BCUT2D eigenvalue weighted by Crippen LogP contribution is -2.53. The Labute approximate surface area is 257 Å². The second-order valence-electron chi connectivity index (χ2n) is 12.5. The number of hydrogen-bond donors (Lipinski definition) is 2. The van der Waals surface area contributed by atoms with Gasteiger partial charge in [-0.25, -0.2) is 15.0 Å². The zero-order valence-corrected chi connectivity index (χ0v) is 27.0. The van der Waals surface area contributed by atoms with Gasteiger partial charge >= 0.3 is 5.97 Å². The predicted molar refractivity (Wildman–Crippen MR) is 173 cm³/mol. The number of nitrogens with zero attached hydrogens (tertiary/aromatic N) is 5. The number of hydrogen-bond acceptors (Lipinski definition) is 8. The van der Waals surface area contributed by atoms with Gasteiger partial charge in [0, 0.05) is 48.5 Å². The molecule has 2 aromatic carbocycles. The molecule has 3 heterocycles. The van der Waals surface area contributed by atoms with Crippen molar-refractivity contribution in [3.8, 4) is 21.8 Å². The Balaban J connectivity index is 0.000000748. The molecule has 0 saturated carbocycles. The fraction of sp³-hybridized carbons (Fsp3) is 0.438. The Bertz CT molecular complexity index is 1540. The van der Waals surface area contributed by atoms with E-state index in [9.17, 15) is 9.90 Å². The number of aromatic nitrogens is 3. The molecule has 0 radical (unpaired) electrons. The van der Waals surface area contributed by atoms with Crippen LogP contribution in [0.2, 0.25) is 5.02 Å². The van der Waals surface area contributed by atoms with Crippen molar-refractivity contribution in [1.29, 1.82) is 0 Å². The van der Waals surface area contributed by atoms with Crippen LogP contribution in [0.4, 0.5) is 5.95 Å². The molecule has 0 unspecified atom stereocenters. The highest BCUT2D eigenvalue weighted by molar-refractivity contribution is 7.22. The molecule has 0 spiro atoms. The summed E-state index contributed by atoms with van der Waals surface area (Å²) < 4.78 is 0.943. The van der Waals surface area contributed by atoms with E-state index in [0.29, 0.717) is 11.0 Å². The van der Waals surface area contributed by atoms with Crippen LogP contribution in [0.15, 0.2) is 42.6 Å². The number of carboxylic acid groups (broad SMARTS) is 1. The predicted octanol–water partition coefficient (Wildman–Crippen LogP) is 6.71. The van der Waals surface area contributed by atoms with Crippen LogP contribution in [0, 0.1) is 6.92 Å². The number of aliphatic hydroxyl groups is 1. The molecule has 0 bridgehead atoms. The molecule has 8 nitrogen and oxygen atoms in total. The van der Waals surface area contributed by atoms with Gasteiger partial charge in [-0.2, -0.15) is 0 Å². The molecular weight excluding hydrogens is 570 g/mol. The van der Waals surface area contributed by atoms with Gasteiger partial charge in [0.05, 0.1) is 22.2 Å². The van der Waals surface area contributed by atoms with Crippen LogP contribution in [0.5, 0.6) is 0 Å². The minimum Gasteiger partial charge on any atom is -0.481 e. The maximum atomic E-state index is 11.7. The van der Waals surface area contributed by atoms with Crippen LogP contribution in [0.25, 0.3) is 32.0 Å². The van der Waals surface area contributed by atoms with Crippen LogP contribution < -0.4 is 4.90 Å². The zero-order valence-electron chi connectivity index (χ0n) is 25.4. The number of aryl methyl sites for hydroxylation is 1. The Hall–Kier alpha value is -3.11. The summed E-state index contributed by atoms with van der Waals surface area (Å²) in [5.41, 5.74) is 4.75. The zero-order chi connectivity index (χ0) is 30.8. The number of anilines is 1. The van der Waals surface area contributed by atoms with Crippen molar-refractivity contribution in [2.45, 2.75) is 66.0 Å². The lowest BCUT2D eigenvalue weighted by molar-refractivity contribution is -0.136. The van der Waals surface area contributed by atoms with Gasteiger partial charge in [0.1, 0.15) is 10.7 Å². The summed E-state index contributed by atoms with van der Waals surface area (Å²) in [5, 5.41) is 19.6. The molecule has 2 aromatic heterocycles. The van der Waals surface area contributed by atoms with Crippen molar-refractivity contribution in [3.05, 3.63) is 58.7 Å². The molecule has 42 heavy (non-hydrogen) atoms. The summed E-state index contributed by atoms with van der Waals surface area (Å²) >= 11 is 7.67. The summed E-state index contributed by atoms with van der Waals surface area (Å²) in [7, 11) is 0. The summed E-state index contributed by atoms with van der Waals surface area (Å²) in [4.78, 5) is 30.8. The van der Waals surface area contributed by atoms with E-state index < -0.39 is 11.6 Å². The third-order valence-electron chi connectivity index (χ3n) is 6.85. The van der Waals surface area contributed by atoms with E-state index in [4.69, 9.17) is 26.7 Å². The van der Waals surface area contributed by atoms with E-state index in [1.165, 1.54) is 11.3 Å². The highest BCUT2D eigenvalue weighted by atomic mass is 35.5. The van der Waals surface area contributed by atoms with E-state index in [2.05, 4.69) is 35.6 Å². The highest BCUT2D eigenvalue weighted by Gasteiger charge is 2.27. The second kappa shape index (κ2) is 12.6. The van der Waals surface area contributed by atoms with Crippen molar-refractivity contribution in [1.82, 2.24) is 19.9 Å². The average molecular weight is 610 g/mol. The lowest BCUT2D eigenvalue weighted by Gasteiger charge is -2.42. The molecule has 5 rings (SSSR count). The van der Waals surface area contributed by atoms with Crippen molar-refractivity contribution in [2.75, 3.05) is 31.1 Å². The van der Waals surface area contributed by atoms with Gasteiger partial charge in [0.25, 0.3) is 0 Å². The van der Waals surface area contributed by atoms with Gasteiger partial charge in [-0.15, -0.1) is 11.3 Å². The molecule has 1 saturated heterocycles. The highest BCUT2D eigenvalue weighted by Crippen LogP contribution is 2.41. The topological polar surface area (TPSA) is 103 Å². The summed E-state index contributed by atoms with van der Waals surface area (Å²) in [6, 6.07) is 11.4. The Morgan fingerprint density at radius 3 is 2.19 bits per heavy atom. The van der Waals surface area contributed by atoms with Crippen molar-refractivity contribution in [3.63, 3.8) is 0 Å². The normalized spacial score (nSPS) is 14.5. The van der Waals surface area contributed by atoms with E-state index >= 15 is 0 Å². The Morgan fingerprint density at radius 2 is 1.62 bits per heavy atom. The van der Waals surface area contributed by atoms with E-state index in [1.54, 1.807) is 27.0 Å². The molecule has 224 valence electrons.